The van der Waals surface area contributed by atoms with Crippen molar-refractivity contribution in [2.24, 2.45) is 0 Å². The van der Waals surface area contributed by atoms with Crippen molar-refractivity contribution in [3.63, 3.8) is 0 Å². The topological polar surface area (TPSA) is 68.5 Å². The summed E-state index contributed by atoms with van der Waals surface area (Å²) in [6.07, 6.45) is 2.66. The van der Waals surface area contributed by atoms with Crippen LogP contribution in [0.25, 0.3) is 11.0 Å². The Kier molecular flexibility index (Phi) is 3.41. The fourth-order valence-corrected chi connectivity index (χ4v) is 2.58. The van der Waals surface area contributed by atoms with E-state index in [1.54, 1.807) is 0 Å². The summed E-state index contributed by atoms with van der Waals surface area (Å²) in [4.78, 5) is 23.9. The monoisotopic (exact) mass is 287 g/mol. The second-order valence-corrected chi connectivity index (χ2v) is 5.34. The van der Waals surface area contributed by atoms with Crippen LogP contribution < -0.4 is 5.32 Å². The van der Waals surface area contributed by atoms with Gasteiger partial charge < -0.3 is 14.5 Å². The molecule has 3 rings (SSSR count). The highest BCUT2D eigenvalue weighted by molar-refractivity contribution is 6.07. The predicted octanol–water partition coefficient (Wildman–Crippen LogP) is 2.43. The number of nitrogens with one attached hydrogen (secondary N) is 1. The molecule has 110 valence electrons. The maximum atomic E-state index is 12.3. The van der Waals surface area contributed by atoms with E-state index < -0.39 is 6.04 Å². The normalized spacial score (nSPS) is 21.5. The third-order valence-electron chi connectivity index (χ3n) is 3.77. The van der Waals surface area contributed by atoms with Gasteiger partial charge in [0.2, 0.25) is 0 Å². The van der Waals surface area contributed by atoms with Crippen LogP contribution in [0.4, 0.5) is 0 Å². The maximum Gasteiger partial charge on any atom is 0.329 e. The molecule has 2 heterocycles. The van der Waals surface area contributed by atoms with E-state index >= 15 is 0 Å². The number of carbonyl (C=O) groups excluding carboxylic acids is 2. The Morgan fingerprint density at radius 2 is 2.24 bits per heavy atom. The number of aryl methyl sites for hydroxylation is 1. The van der Waals surface area contributed by atoms with Crippen LogP contribution in [0.15, 0.2) is 28.9 Å². The average molecular weight is 287 g/mol. The molecule has 1 aromatic heterocycles. The predicted molar refractivity (Wildman–Crippen MR) is 77.0 cm³/mol. The lowest BCUT2D eigenvalue weighted by Crippen LogP contribution is -2.37. The van der Waals surface area contributed by atoms with Gasteiger partial charge in [0, 0.05) is 11.8 Å². The number of cyclic esters (lactones) is 1. The number of rotatable bonds is 3. The number of benzene rings is 1. The van der Waals surface area contributed by atoms with Crippen LogP contribution in [-0.2, 0) is 16.0 Å². The molecule has 2 aromatic rings. The van der Waals surface area contributed by atoms with Crippen LogP contribution in [0.5, 0.6) is 0 Å². The molecule has 1 aromatic carbocycles. The van der Waals surface area contributed by atoms with Crippen molar-refractivity contribution in [2.45, 2.75) is 38.8 Å². The minimum absolute atomic E-state index is 0.157. The van der Waals surface area contributed by atoms with E-state index in [0.29, 0.717) is 17.6 Å². The number of furan rings is 1. The summed E-state index contributed by atoms with van der Waals surface area (Å²) < 4.78 is 10.4. The van der Waals surface area contributed by atoms with Crippen molar-refractivity contribution in [3.8, 4) is 0 Å². The Morgan fingerprint density at radius 3 is 2.90 bits per heavy atom. The van der Waals surface area contributed by atoms with Crippen molar-refractivity contribution in [1.29, 1.82) is 0 Å². The Hall–Kier alpha value is -2.30. The van der Waals surface area contributed by atoms with Gasteiger partial charge in [0.05, 0.1) is 5.56 Å². The molecule has 5 nitrogen and oxygen atoms in total. The molecule has 1 fully saturated rings. The van der Waals surface area contributed by atoms with Gasteiger partial charge in [0.1, 0.15) is 24.0 Å². The molecule has 1 amide bonds. The summed E-state index contributed by atoms with van der Waals surface area (Å²) in [6.45, 7) is 3.86. The minimum atomic E-state index is -0.577. The largest absolute Gasteiger partial charge is 0.463 e. The smallest absolute Gasteiger partial charge is 0.329 e. The molecule has 1 N–H and O–H groups in total. The van der Waals surface area contributed by atoms with Crippen molar-refractivity contribution in [2.75, 3.05) is 0 Å². The third-order valence-corrected chi connectivity index (χ3v) is 3.77. The van der Waals surface area contributed by atoms with Gasteiger partial charge in [-0.1, -0.05) is 13.0 Å². The average Bonchev–Trinajstić information content (AvgIpc) is 3.01. The van der Waals surface area contributed by atoms with Gasteiger partial charge in [-0.3, -0.25) is 4.79 Å². The molecule has 1 aliphatic rings. The van der Waals surface area contributed by atoms with Crippen molar-refractivity contribution in [3.05, 3.63) is 35.6 Å². The van der Waals surface area contributed by atoms with Gasteiger partial charge in [-0.15, -0.1) is 0 Å². The molecule has 21 heavy (non-hydrogen) atoms. The molecular formula is C16H17NO4. The molecule has 5 heteroatoms. The SMILES string of the molecule is CCc1ccc2occ(C(=O)NC3CC(C)OC3=O)c2c1. The lowest BCUT2D eigenvalue weighted by Gasteiger charge is -2.07. The zero-order valence-electron chi connectivity index (χ0n) is 12.0. The van der Waals surface area contributed by atoms with Crippen molar-refractivity contribution < 1.29 is 18.7 Å². The summed E-state index contributed by atoms with van der Waals surface area (Å²) >= 11 is 0. The van der Waals surface area contributed by atoms with Crippen molar-refractivity contribution in [1.82, 2.24) is 5.32 Å². The van der Waals surface area contributed by atoms with Crippen LogP contribution in [0, 0.1) is 0 Å². The van der Waals surface area contributed by atoms with Crippen LogP contribution in [-0.4, -0.2) is 24.0 Å². The van der Waals surface area contributed by atoms with E-state index in [0.717, 1.165) is 17.4 Å². The zero-order chi connectivity index (χ0) is 15.0. The third kappa shape index (κ3) is 2.51. The Morgan fingerprint density at radius 1 is 1.43 bits per heavy atom. The van der Waals surface area contributed by atoms with Crippen LogP contribution in [0.1, 0.15) is 36.2 Å². The van der Waals surface area contributed by atoms with Gasteiger partial charge in [-0.05, 0) is 31.0 Å². The standard InChI is InChI=1S/C16H17NO4/c1-3-10-4-5-14-11(7-10)12(8-20-14)15(18)17-13-6-9(2)21-16(13)19/h4-5,7-9,13H,3,6H2,1-2H3,(H,17,18). The fourth-order valence-electron chi connectivity index (χ4n) is 2.58. The molecular weight excluding hydrogens is 270 g/mol. The van der Waals surface area contributed by atoms with E-state index in [9.17, 15) is 9.59 Å². The first-order valence-electron chi connectivity index (χ1n) is 7.10. The van der Waals surface area contributed by atoms with Gasteiger partial charge in [-0.25, -0.2) is 4.79 Å². The number of hydrogen-bond donors (Lipinski definition) is 1. The summed E-state index contributed by atoms with van der Waals surface area (Å²) in [5.41, 5.74) is 2.25. The molecule has 0 spiro atoms. The highest BCUT2D eigenvalue weighted by Gasteiger charge is 2.33. The summed E-state index contributed by atoms with van der Waals surface area (Å²) in [7, 11) is 0. The lowest BCUT2D eigenvalue weighted by atomic mass is 10.1. The molecule has 2 unspecified atom stereocenters. The summed E-state index contributed by atoms with van der Waals surface area (Å²) in [6, 6.07) is 5.20. The zero-order valence-corrected chi connectivity index (χ0v) is 12.0. The number of hydrogen-bond acceptors (Lipinski definition) is 4. The fraction of sp³-hybridized carbons (Fsp3) is 0.375. The number of carbonyl (C=O) groups is 2. The molecule has 1 saturated heterocycles. The lowest BCUT2D eigenvalue weighted by molar-refractivity contribution is -0.142. The number of esters is 1. The Balaban J connectivity index is 1.86. The molecule has 0 bridgehead atoms. The van der Waals surface area contributed by atoms with E-state index in [2.05, 4.69) is 12.2 Å². The quantitative estimate of drug-likeness (QED) is 0.880. The molecule has 1 aliphatic heterocycles. The van der Waals surface area contributed by atoms with E-state index in [1.807, 2.05) is 25.1 Å². The van der Waals surface area contributed by atoms with E-state index in [4.69, 9.17) is 9.15 Å². The highest BCUT2D eigenvalue weighted by Crippen LogP contribution is 2.23. The van der Waals surface area contributed by atoms with Gasteiger partial charge in [0.15, 0.2) is 0 Å². The maximum absolute atomic E-state index is 12.3. The molecule has 0 saturated carbocycles. The van der Waals surface area contributed by atoms with E-state index in [1.165, 1.54) is 6.26 Å². The number of amides is 1. The van der Waals surface area contributed by atoms with Crippen molar-refractivity contribution >= 4 is 22.8 Å². The van der Waals surface area contributed by atoms with E-state index in [-0.39, 0.29) is 18.0 Å². The van der Waals surface area contributed by atoms with Gasteiger partial charge in [-0.2, -0.15) is 0 Å². The molecule has 2 atom stereocenters. The Bertz CT molecular complexity index is 703. The number of fused-ring (bicyclic) bond motifs is 1. The van der Waals surface area contributed by atoms with Gasteiger partial charge >= 0.3 is 5.97 Å². The van der Waals surface area contributed by atoms with Gasteiger partial charge in [0.25, 0.3) is 5.91 Å². The first-order valence-corrected chi connectivity index (χ1v) is 7.10. The summed E-state index contributed by atoms with van der Waals surface area (Å²) in [5, 5.41) is 3.49. The second-order valence-electron chi connectivity index (χ2n) is 5.34. The second kappa shape index (κ2) is 5.24. The van der Waals surface area contributed by atoms with Crippen LogP contribution >= 0.6 is 0 Å². The van der Waals surface area contributed by atoms with Crippen LogP contribution in [0.2, 0.25) is 0 Å². The number of ether oxygens (including phenoxy) is 1. The molecule has 0 aliphatic carbocycles. The van der Waals surface area contributed by atoms with Crippen LogP contribution in [0.3, 0.4) is 0 Å². The summed E-state index contributed by atoms with van der Waals surface area (Å²) in [5.74, 6) is -0.684. The minimum Gasteiger partial charge on any atom is -0.463 e. The highest BCUT2D eigenvalue weighted by atomic mass is 16.6. The molecule has 0 radical (unpaired) electrons. The first-order chi connectivity index (χ1) is 10.1. The Labute approximate surface area is 122 Å². The first kappa shape index (κ1) is 13.7.